The molecule has 1 rings (SSSR count). The Kier molecular flexibility index (Phi) is 5.13. The molecule has 0 saturated carbocycles. The van der Waals surface area contributed by atoms with Gasteiger partial charge in [-0.1, -0.05) is 12.0 Å². The van der Waals surface area contributed by atoms with Crippen molar-refractivity contribution >= 4 is 11.8 Å². The van der Waals surface area contributed by atoms with Gasteiger partial charge in [-0.2, -0.15) is 0 Å². The molecule has 0 atom stereocenters. The molecule has 1 aromatic rings. The number of hydrogen-bond acceptors (Lipinski definition) is 2. The van der Waals surface area contributed by atoms with Crippen molar-refractivity contribution < 1.29 is 4.39 Å². The van der Waals surface area contributed by atoms with Crippen molar-refractivity contribution in [3.05, 3.63) is 30.1 Å². The molecule has 0 fully saturated rings. The highest BCUT2D eigenvalue weighted by atomic mass is 32.2. The van der Waals surface area contributed by atoms with Gasteiger partial charge in [-0.25, -0.2) is 4.39 Å². The van der Waals surface area contributed by atoms with Crippen molar-refractivity contribution in [1.82, 2.24) is 5.32 Å². The monoisotopic (exact) mass is 209 g/mol. The van der Waals surface area contributed by atoms with Gasteiger partial charge in [0.25, 0.3) is 0 Å². The standard InChI is InChI=1S/C11H12FNS/c1-2-6-13-7-8-14-11-5-3-4-10(12)9-11/h1,3-5,9,13H,6-8H2. The predicted molar refractivity (Wildman–Crippen MR) is 58.8 cm³/mol. The summed E-state index contributed by atoms with van der Waals surface area (Å²) in [6, 6.07) is 6.59. The summed E-state index contributed by atoms with van der Waals surface area (Å²) in [6.45, 7) is 1.43. The highest BCUT2D eigenvalue weighted by Gasteiger charge is 1.95. The number of terminal acetylenes is 1. The van der Waals surface area contributed by atoms with Gasteiger partial charge in [-0.15, -0.1) is 18.2 Å². The number of thioether (sulfide) groups is 1. The van der Waals surface area contributed by atoms with Crippen LogP contribution in [0.4, 0.5) is 4.39 Å². The van der Waals surface area contributed by atoms with E-state index in [0.717, 1.165) is 17.2 Å². The number of benzene rings is 1. The SMILES string of the molecule is C#CCNCCSc1cccc(F)c1. The molecule has 14 heavy (non-hydrogen) atoms. The maximum absolute atomic E-state index is 12.7. The average molecular weight is 209 g/mol. The first kappa shape index (κ1) is 11.1. The highest BCUT2D eigenvalue weighted by molar-refractivity contribution is 7.99. The normalized spacial score (nSPS) is 9.71. The quantitative estimate of drug-likeness (QED) is 0.453. The Labute approximate surface area is 88.1 Å². The maximum Gasteiger partial charge on any atom is 0.124 e. The van der Waals surface area contributed by atoms with Gasteiger partial charge in [0.1, 0.15) is 5.82 Å². The van der Waals surface area contributed by atoms with Gasteiger partial charge in [0.15, 0.2) is 0 Å². The van der Waals surface area contributed by atoms with Crippen molar-refractivity contribution in [3.63, 3.8) is 0 Å². The van der Waals surface area contributed by atoms with Crippen molar-refractivity contribution in [2.45, 2.75) is 4.90 Å². The third kappa shape index (κ3) is 4.31. The first-order valence-corrected chi connectivity index (χ1v) is 5.34. The van der Waals surface area contributed by atoms with Crippen LogP contribution in [0.25, 0.3) is 0 Å². The van der Waals surface area contributed by atoms with E-state index >= 15 is 0 Å². The molecule has 0 aliphatic carbocycles. The largest absolute Gasteiger partial charge is 0.305 e. The minimum absolute atomic E-state index is 0.188. The first-order valence-electron chi connectivity index (χ1n) is 4.35. The average Bonchev–Trinajstić information content (AvgIpc) is 2.18. The second kappa shape index (κ2) is 6.47. The van der Waals surface area contributed by atoms with Crippen LogP contribution in [-0.2, 0) is 0 Å². The fourth-order valence-corrected chi connectivity index (χ4v) is 1.81. The van der Waals surface area contributed by atoms with Crippen LogP contribution in [0, 0.1) is 18.2 Å². The lowest BCUT2D eigenvalue weighted by Gasteiger charge is -2.01. The van der Waals surface area contributed by atoms with Crippen molar-refractivity contribution in [2.24, 2.45) is 0 Å². The molecule has 0 aliphatic heterocycles. The van der Waals surface area contributed by atoms with E-state index in [1.54, 1.807) is 17.8 Å². The molecule has 1 aromatic carbocycles. The fraction of sp³-hybridized carbons (Fsp3) is 0.273. The van der Waals surface area contributed by atoms with E-state index in [2.05, 4.69) is 11.2 Å². The lowest BCUT2D eigenvalue weighted by atomic mass is 10.4. The van der Waals surface area contributed by atoms with E-state index in [-0.39, 0.29) is 5.82 Å². The van der Waals surface area contributed by atoms with Gasteiger partial charge < -0.3 is 5.32 Å². The summed E-state index contributed by atoms with van der Waals surface area (Å²) in [7, 11) is 0. The Balaban J connectivity index is 2.22. The van der Waals surface area contributed by atoms with Crippen LogP contribution in [0.3, 0.4) is 0 Å². The second-order valence-electron chi connectivity index (χ2n) is 2.69. The molecule has 3 heteroatoms. The lowest BCUT2D eigenvalue weighted by Crippen LogP contribution is -2.16. The lowest BCUT2D eigenvalue weighted by molar-refractivity contribution is 0.624. The Morgan fingerprint density at radius 1 is 1.50 bits per heavy atom. The first-order chi connectivity index (χ1) is 6.83. The predicted octanol–water partition coefficient (Wildman–Crippen LogP) is 2.14. The van der Waals surface area contributed by atoms with Crippen molar-refractivity contribution in [1.29, 1.82) is 0 Å². The van der Waals surface area contributed by atoms with Crippen LogP contribution >= 0.6 is 11.8 Å². The second-order valence-corrected chi connectivity index (χ2v) is 3.86. The molecular weight excluding hydrogens is 197 g/mol. The zero-order chi connectivity index (χ0) is 10.2. The molecule has 0 bridgehead atoms. The Morgan fingerprint density at radius 2 is 2.36 bits per heavy atom. The van der Waals surface area contributed by atoms with Gasteiger partial charge in [-0.3, -0.25) is 0 Å². The van der Waals surface area contributed by atoms with E-state index in [9.17, 15) is 4.39 Å². The van der Waals surface area contributed by atoms with E-state index in [0.29, 0.717) is 6.54 Å². The fourth-order valence-electron chi connectivity index (χ4n) is 0.958. The molecular formula is C11H12FNS. The smallest absolute Gasteiger partial charge is 0.124 e. The number of hydrogen-bond donors (Lipinski definition) is 1. The third-order valence-electron chi connectivity index (χ3n) is 1.57. The van der Waals surface area contributed by atoms with Crippen LogP contribution in [0.15, 0.2) is 29.2 Å². The van der Waals surface area contributed by atoms with Gasteiger partial charge >= 0.3 is 0 Å². The maximum atomic E-state index is 12.7. The molecule has 0 amide bonds. The summed E-state index contributed by atoms with van der Waals surface area (Å²) in [4.78, 5) is 0.951. The Hall–Kier alpha value is -0.980. The third-order valence-corrected chi connectivity index (χ3v) is 2.57. The van der Waals surface area contributed by atoms with Crippen LogP contribution < -0.4 is 5.32 Å². The van der Waals surface area contributed by atoms with E-state index < -0.39 is 0 Å². The summed E-state index contributed by atoms with van der Waals surface area (Å²) in [6.07, 6.45) is 5.07. The van der Waals surface area contributed by atoms with Gasteiger partial charge in [-0.05, 0) is 18.2 Å². The molecule has 0 saturated heterocycles. The summed E-state index contributed by atoms with van der Waals surface area (Å²) in [5.74, 6) is 3.20. The van der Waals surface area contributed by atoms with Crippen LogP contribution in [0.5, 0.6) is 0 Å². The van der Waals surface area contributed by atoms with Crippen LogP contribution in [0.2, 0.25) is 0 Å². The van der Waals surface area contributed by atoms with Gasteiger partial charge in [0.2, 0.25) is 0 Å². The summed E-state index contributed by atoms with van der Waals surface area (Å²) < 4.78 is 12.7. The Bertz CT molecular complexity index is 319. The summed E-state index contributed by atoms with van der Waals surface area (Å²) in [5.41, 5.74) is 0. The van der Waals surface area contributed by atoms with Crippen LogP contribution in [0.1, 0.15) is 0 Å². The number of nitrogens with one attached hydrogen (secondary N) is 1. The summed E-state index contributed by atoms with van der Waals surface area (Å²) in [5, 5.41) is 3.07. The molecule has 0 aliphatic rings. The van der Waals surface area contributed by atoms with Crippen molar-refractivity contribution in [3.8, 4) is 12.3 Å². The van der Waals surface area contributed by atoms with Gasteiger partial charge in [0, 0.05) is 17.2 Å². The minimum atomic E-state index is -0.188. The highest BCUT2D eigenvalue weighted by Crippen LogP contribution is 2.17. The van der Waals surface area contributed by atoms with Crippen molar-refractivity contribution in [2.75, 3.05) is 18.8 Å². The number of halogens is 1. The van der Waals surface area contributed by atoms with Crippen LogP contribution in [-0.4, -0.2) is 18.8 Å². The van der Waals surface area contributed by atoms with Gasteiger partial charge in [0.05, 0.1) is 6.54 Å². The molecule has 0 aromatic heterocycles. The molecule has 0 unspecified atom stereocenters. The molecule has 0 spiro atoms. The Morgan fingerprint density at radius 3 is 3.07 bits per heavy atom. The van der Waals surface area contributed by atoms with E-state index in [1.807, 2.05) is 6.07 Å². The summed E-state index contributed by atoms with van der Waals surface area (Å²) >= 11 is 1.61. The zero-order valence-corrected chi connectivity index (χ0v) is 8.61. The van der Waals surface area contributed by atoms with E-state index in [4.69, 9.17) is 6.42 Å². The molecule has 1 N–H and O–H groups in total. The zero-order valence-electron chi connectivity index (χ0n) is 7.79. The molecule has 0 heterocycles. The number of rotatable bonds is 5. The molecule has 1 nitrogen and oxygen atoms in total. The minimum Gasteiger partial charge on any atom is -0.305 e. The molecule has 0 radical (unpaired) electrons. The van der Waals surface area contributed by atoms with E-state index in [1.165, 1.54) is 12.1 Å². The topological polar surface area (TPSA) is 12.0 Å². The molecule has 74 valence electrons.